The number of halogens is 2. The van der Waals surface area contributed by atoms with Gasteiger partial charge in [0.1, 0.15) is 5.83 Å². The highest BCUT2D eigenvalue weighted by Crippen LogP contribution is 2.60. The van der Waals surface area contributed by atoms with Crippen LogP contribution in [0.5, 0.6) is 0 Å². The Hall–Kier alpha value is 1.36. The Balaban J connectivity index is 2.95. The first-order chi connectivity index (χ1) is 3.13. The molecule has 0 rings (SSSR count). The van der Waals surface area contributed by atoms with Crippen LogP contribution in [0.2, 0.25) is 0 Å². The third-order valence-electron chi connectivity index (χ3n) is 0.291. The zero-order chi connectivity index (χ0) is 5.86. The van der Waals surface area contributed by atoms with Gasteiger partial charge >= 0.3 is 0 Å². The third-order valence-corrected chi connectivity index (χ3v) is 4.05. The van der Waals surface area contributed by atoms with Gasteiger partial charge in [-0.25, -0.2) is 0 Å². The van der Waals surface area contributed by atoms with Crippen molar-refractivity contribution in [2.24, 2.45) is 0 Å². The molecule has 4 heteroatoms. The van der Waals surface area contributed by atoms with Gasteiger partial charge in [0.15, 0.2) is 0 Å². The smallest absolute Gasteiger partial charge is 0.0994 e. The molecule has 0 saturated heterocycles. The summed E-state index contributed by atoms with van der Waals surface area (Å²) >= 11 is 12.5. The second-order valence-electron chi connectivity index (χ2n) is 1.36. The predicted octanol–water partition coefficient (Wildman–Crippen LogP) is 3.83. The summed E-state index contributed by atoms with van der Waals surface area (Å²) in [4.78, 5) is 0. The summed E-state index contributed by atoms with van der Waals surface area (Å²) in [5.41, 5.74) is 0. The molecule has 0 radical (unpaired) electrons. The zero-order valence-electron chi connectivity index (χ0n) is 4.19. The van der Waals surface area contributed by atoms with Crippen LogP contribution in [0, 0.1) is 0 Å². The van der Waals surface area contributed by atoms with Crippen molar-refractivity contribution in [2.45, 2.75) is 19.1 Å². The Labute approximate surface area is 59.0 Å². The predicted molar refractivity (Wildman–Crippen MR) is 41.4 cm³/mol. The van der Waals surface area contributed by atoms with E-state index in [1.165, 1.54) is 0 Å². The number of hydrogen-bond donors (Lipinski definition) is 0. The molecule has 0 aliphatic rings. The van der Waals surface area contributed by atoms with Crippen LogP contribution in [-0.2, 0) is 0 Å². The molecule has 0 unspecified atom stereocenters. The van der Waals surface area contributed by atoms with Crippen molar-refractivity contribution in [3.63, 3.8) is 0 Å². The summed E-state index contributed by atoms with van der Waals surface area (Å²) in [5, 5.41) is 0.557. The monoisotopic (exact) mass is 176 g/mol. The Morgan fingerprint density at radius 1 is 1.43 bits per heavy atom. The molecule has 0 spiro atoms. The van der Waals surface area contributed by atoms with E-state index in [0.29, 0.717) is 5.25 Å². The van der Waals surface area contributed by atoms with Crippen molar-refractivity contribution < 1.29 is 0 Å². The van der Waals surface area contributed by atoms with Gasteiger partial charge in [-0.2, -0.15) is 0 Å². The molecule has 0 nitrogen and oxygen atoms in total. The number of hydrogen-bond acceptors (Lipinski definition) is 1. The summed E-state index contributed by atoms with van der Waals surface area (Å²) in [6.45, 7) is 4.15. The van der Waals surface area contributed by atoms with Crippen molar-refractivity contribution >= 4 is 39.7 Å². The Kier molecular flexibility index (Phi) is 5.09. The summed E-state index contributed by atoms with van der Waals surface area (Å²) in [6, 6.07) is 0. The van der Waals surface area contributed by atoms with Gasteiger partial charge in [-0.1, -0.05) is 47.7 Å². The molecule has 0 aromatic rings. The van der Waals surface area contributed by atoms with Crippen LogP contribution in [0.15, 0.2) is 0 Å². The molecule has 0 heterocycles. The van der Waals surface area contributed by atoms with E-state index >= 15 is 0 Å². The molecule has 0 N–H and O–H groups in total. The van der Waals surface area contributed by atoms with Crippen LogP contribution in [0.1, 0.15) is 13.8 Å². The third kappa shape index (κ3) is 7.36. The van der Waals surface area contributed by atoms with Gasteiger partial charge in [0.2, 0.25) is 0 Å². The topological polar surface area (TPSA) is 0 Å². The minimum atomic E-state index is -0.779. The van der Waals surface area contributed by atoms with Gasteiger partial charge in [-0.05, 0) is 0 Å². The van der Waals surface area contributed by atoms with E-state index in [1.807, 2.05) is 0 Å². The van der Waals surface area contributed by atoms with E-state index < -0.39 is 5.83 Å². The van der Waals surface area contributed by atoms with Crippen LogP contribution in [0.25, 0.3) is 0 Å². The lowest BCUT2D eigenvalue weighted by Crippen LogP contribution is -1.78. The molecule has 0 saturated carbocycles. The average molecular weight is 177 g/mol. The minimum absolute atomic E-state index is 0.557. The second-order valence-corrected chi connectivity index (χ2v) is 8.39. The lowest BCUT2D eigenvalue weighted by Gasteiger charge is -2.00. The fourth-order valence-corrected chi connectivity index (χ4v) is 4.30. The van der Waals surface area contributed by atoms with Crippen LogP contribution >= 0.6 is 39.7 Å². The molecule has 0 atom stereocenters. The molecule has 0 aliphatic heterocycles. The van der Waals surface area contributed by atoms with Crippen molar-refractivity contribution in [2.75, 3.05) is 0 Å². The van der Waals surface area contributed by atoms with Gasteiger partial charge in [-0.3, -0.25) is 0 Å². The average Bonchev–Trinajstić information content (AvgIpc) is 1.27. The molecule has 0 amide bonds. The van der Waals surface area contributed by atoms with E-state index in [0.717, 1.165) is 0 Å². The molecule has 7 heavy (non-hydrogen) atoms. The first kappa shape index (κ1) is 8.36. The lowest BCUT2D eigenvalue weighted by molar-refractivity contribution is 1.12. The molecule has 0 bridgehead atoms. The lowest BCUT2D eigenvalue weighted by atomic mass is 10.6. The number of rotatable bonds is 2. The fourth-order valence-electron chi connectivity index (χ4n) is 0.159. The highest BCUT2D eigenvalue weighted by atomic mass is 35.9. The first-order valence-corrected chi connectivity index (χ1v) is 6.55. The van der Waals surface area contributed by atoms with E-state index in [4.69, 9.17) is 22.5 Å². The maximum Gasteiger partial charge on any atom is 0.145 e. The SMILES string of the molecule is CC(C)SP(Cl)Cl. The van der Waals surface area contributed by atoms with Crippen molar-refractivity contribution in [3.05, 3.63) is 0 Å². The zero-order valence-corrected chi connectivity index (χ0v) is 7.41. The molecular weight excluding hydrogens is 170 g/mol. The second kappa shape index (κ2) is 4.26. The van der Waals surface area contributed by atoms with Crippen LogP contribution in [0.4, 0.5) is 0 Å². The van der Waals surface area contributed by atoms with Crippen molar-refractivity contribution in [1.82, 2.24) is 0 Å². The molecule has 0 fully saturated rings. The molecule has 0 aliphatic carbocycles. The van der Waals surface area contributed by atoms with Gasteiger partial charge in [0, 0.05) is 5.25 Å². The standard InChI is InChI=1S/C3H7Cl2PS/c1-3(2)7-6(4)5/h3H,1-2H3. The van der Waals surface area contributed by atoms with Gasteiger partial charge < -0.3 is 0 Å². The highest BCUT2D eigenvalue weighted by Gasteiger charge is 2.01. The Morgan fingerprint density at radius 2 is 1.86 bits per heavy atom. The van der Waals surface area contributed by atoms with Crippen LogP contribution in [0.3, 0.4) is 0 Å². The Bertz CT molecular complexity index is 42.2. The molecular formula is C3H7Cl2PS. The maximum atomic E-state index is 5.47. The highest BCUT2D eigenvalue weighted by molar-refractivity contribution is 8.70. The van der Waals surface area contributed by atoms with E-state index in [1.54, 1.807) is 11.4 Å². The largest absolute Gasteiger partial charge is 0.145 e. The van der Waals surface area contributed by atoms with Crippen LogP contribution < -0.4 is 0 Å². The molecule has 0 aromatic carbocycles. The van der Waals surface area contributed by atoms with Gasteiger partial charge in [0.05, 0.1) is 0 Å². The minimum Gasteiger partial charge on any atom is -0.0994 e. The summed E-state index contributed by atoms with van der Waals surface area (Å²) in [5.74, 6) is -0.779. The van der Waals surface area contributed by atoms with E-state index in [9.17, 15) is 0 Å². The molecule has 0 aromatic heterocycles. The maximum absolute atomic E-state index is 5.47. The summed E-state index contributed by atoms with van der Waals surface area (Å²) < 4.78 is 0. The normalized spacial score (nSPS) is 11.1. The van der Waals surface area contributed by atoms with Crippen molar-refractivity contribution in [3.8, 4) is 0 Å². The quantitative estimate of drug-likeness (QED) is 0.577. The van der Waals surface area contributed by atoms with Gasteiger partial charge in [0.25, 0.3) is 0 Å². The first-order valence-electron chi connectivity index (χ1n) is 1.91. The molecule has 44 valence electrons. The Morgan fingerprint density at radius 3 is 1.86 bits per heavy atom. The van der Waals surface area contributed by atoms with Gasteiger partial charge in [-0.15, -0.1) is 0 Å². The van der Waals surface area contributed by atoms with E-state index in [2.05, 4.69) is 13.8 Å². The van der Waals surface area contributed by atoms with Crippen molar-refractivity contribution in [1.29, 1.82) is 0 Å². The summed E-state index contributed by atoms with van der Waals surface area (Å²) in [6.07, 6.45) is 0. The fraction of sp³-hybridized carbons (Fsp3) is 1.00. The van der Waals surface area contributed by atoms with E-state index in [-0.39, 0.29) is 0 Å². The van der Waals surface area contributed by atoms with Crippen LogP contribution in [-0.4, -0.2) is 5.25 Å². The summed E-state index contributed by atoms with van der Waals surface area (Å²) in [7, 11) is 0.